The molecule has 6 nitrogen and oxygen atoms in total. The number of carbonyl (C=O) groups excluding carboxylic acids is 3. The molecular weight excluding hydrogens is 327 g/mol. The first-order valence-corrected chi connectivity index (χ1v) is 7.73. The van der Waals surface area contributed by atoms with Crippen LogP contribution < -0.4 is 4.90 Å². The van der Waals surface area contributed by atoms with Crippen molar-refractivity contribution in [2.75, 3.05) is 18.0 Å². The molecule has 0 spiro atoms. The summed E-state index contributed by atoms with van der Waals surface area (Å²) in [5.74, 6) is -1.27. The Hall–Kier alpha value is -3.22. The van der Waals surface area contributed by atoms with Crippen molar-refractivity contribution >= 4 is 23.6 Å². The number of rotatable bonds is 3. The molecule has 2 heterocycles. The van der Waals surface area contributed by atoms with Gasteiger partial charge in [-0.25, -0.2) is 9.18 Å². The first kappa shape index (κ1) is 15.3. The van der Waals surface area contributed by atoms with Crippen molar-refractivity contribution in [3.05, 3.63) is 65.5 Å². The van der Waals surface area contributed by atoms with Crippen molar-refractivity contribution in [2.45, 2.75) is 6.10 Å². The van der Waals surface area contributed by atoms with Gasteiger partial charge < -0.3 is 4.74 Å². The highest BCUT2D eigenvalue weighted by atomic mass is 19.1. The van der Waals surface area contributed by atoms with Gasteiger partial charge in [-0.2, -0.15) is 0 Å². The standard InChI is InChI=1S/C18H13FN2O4/c19-11-4-3-5-12(8-11)20-9-13(25-18(20)24)10-21-16(22)14-6-1-2-7-15(14)17(21)23/h1-8,13H,9-10H2. The van der Waals surface area contributed by atoms with E-state index in [0.717, 1.165) is 4.90 Å². The average molecular weight is 340 g/mol. The molecule has 7 heteroatoms. The number of benzene rings is 2. The van der Waals surface area contributed by atoms with Gasteiger partial charge >= 0.3 is 6.09 Å². The molecule has 0 radical (unpaired) electrons. The Morgan fingerprint density at radius 2 is 1.68 bits per heavy atom. The van der Waals surface area contributed by atoms with Crippen molar-refractivity contribution in [3.8, 4) is 0 Å². The minimum Gasteiger partial charge on any atom is -0.442 e. The van der Waals surface area contributed by atoms with Crippen LogP contribution in [0.3, 0.4) is 0 Å². The van der Waals surface area contributed by atoms with E-state index in [9.17, 15) is 18.8 Å². The van der Waals surface area contributed by atoms with Crippen LogP contribution in [0.15, 0.2) is 48.5 Å². The average Bonchev–Trinajstić information content (AvgIpc) is 3.09. The van der Waals surface area contributed by atoms with Gasteiger partial charge in [-0.3, -0.25) is 19.4 Å². The number of hydrogen-bond acceptors (Lipinski definition) is 4. The van der Waals surface area contributed by atoms with E-state index < -0.39 is 29.8 Å². The fraction of sp³-hybridized carbons (Fsp3) is 0.167. The molecule has 2 aromatic carbocycles. The van der Waals surface area contributed by atoms with Crippen LogP contribution in [0.1, 0.15) is 20.7 Å². The van der Waals surface area contributed by atoms with Gasteiger partial charge in [0.05, 0.1) is 29.9 Å². The molecule has 25 heavy (non-hydrogen) atoms. The number of anilines is 1. The van der Waals surface area contributed by atoms with Crippen molar-refractivity contribution < 1.29 is 23.5 Å². The number of hydrogen-bond donors (Lipinski definition) is 0. The summed E-state index contributed by atoms with van der Waals surface area (Å²) in [6, 6.07) is 12.2. The summed E-state index contributed by atoms with van der Waals surface area (Å²) in [7, 11) is 0. The van der Waals surface area contributed by atoms with Crippen LogP contribution in [-0.2, 0) is 4.74 Å². The van der Waals surface area contributed by atoms with Crippen molar-refractivity contribution in [3.63, 3.8) is 0 Å². The molecule has 3 amide bonds. The van der Waals surface area contributed by atoms with Crippen LogP contribution in [0.25, 0.3) is 0 Å². The van der Waals surface area contributed by atoms with Gasteiger partial charge in [-0.05, 0) is 30.3 Å². The maximum Gasteiger partial charge on any atom is 0.414 e. The molecule has 2 aliphatic heterocycles. The van der Waals surface area contributed by atoms with Crippen LogP contribution >= 0.6 is 0 Å². The van der Waals surface area contributed by atoms with Crippen LogP contribution in [0, 0.1) is 5.82 Å². The second kappa shape index (κ2) is 5.70. The predicted octanol–water partition coefficient (Wildman–Crippen LogP) is 2.45. The van der Waals surface area contributed by atoms with Crippen molar-refractivity contribution in [1.82, 2.24) is 4.90 Å². The van der Waals surface area contributed by atoms with Crippen LogP contribution in [0.5, 0.6) is 0 Å². The molecule has 2 aromatic rings. The third kappa shape index (κ3) is 2.53. The number of cyclic esters (lactones) is 1. The normalized spacial score (nSPS) is 19.4. The number of amides is 3. The van der Waals surface area contributed by atoms with E-state index in [2.05, 4.69) is 0 Å². The lowest BCUT2D eigenvalue weighted by atomic mass is 10.1. The zero-order valence-electron chi connectivity index (χ0n) is 13.0. The Labute approximate surface area is 142 Å². The molecule has 1 saturated heterocycles. The van der Waals surface area contributed by atoms with E-state index in [4.69, 9.17) is 4.74 Å². The quantitative estimate of drug-likeness (QED) is 0.805. The second-order valence-electron chi connectivity index (χ2n) is 5.86. The largest absolute Gasteiger partial charge is 0.442 e. The lowest BCUT2D eigenvalue weighted by Crippen LogP contribution is -2.38. The van der Waals surface area contributed by atoms with E-state index in [1.165, 1.54) is 23.1 Å². The zero-order valence-corrected chi connectivity index (χ0v) is 13.0. The molecule has 0 aliphatic carbocycles. The molecule has 4 rings (SSSR count). The fourth-order valence-corrected chi connectivity index (χ4v) is 3.08. The lowest BCUT2D eigenvalue weighted by molar-refractivity contribution is 0.0558. The summed E-state index contributed by atoms with van der Waals surface area (Å²) in [5.41, 5.74) is 1.06. The number of halogens is 1. The number of nitrogens with zero attached hydrogens (tertiary/aromatic N) is 2. The number of carbonyl (C=O) groups is 3. The molecule has 1 atom stereocenters. The van der Waals surface area contributed by atoms with Gasteiger partial charge in [-0.15, -0.1) is 0 Å². The van der Waals surface area contributed by atoms with Crippen LogP contribution in [0.2, 0.25) is 0 Å². The molecule has 1 fully saturated rings. The molecule has 0 aromatic heterocycles. The SMILES string of the molecule is O=C1c2ccccc2C(=O)N1CC1CN(c2cccc(F)c2)C(=O)O1. The molecule has 2 aliphatic rings. The van der Waals surface area contributed by atoms with Gasteiger partial charge in [0.2, 0.25) is 0 Å². The second-order valence-corrected chi connectivity index (χ2v) is 5.86. The maximum absolute atomic E-state index is 13.4. The third-order valence-electron chi connectivity index (χ3n) is 4.26. The highest BCUT2D eigenvalue weighted by molar-refractivity contribution is 6.21. The Balaban J connectivity index is 1.51. The summed E-state index contributed by atoms with van der Waals surface area (Å²) in [4.78, 5) is 39.2. The van der Waals surface area contributed by atoms with E-state index in [1.54, 1.807) is 30.3 Å². The van der Waals surface area contributed by atoms with Gasteiger partial charge in [0, 0.05) is 0 Å². The monoisotopic (exact) mass is 340 g/mol. The fourth-order valence-electron chi connectivity index (χ4n) is 3.08. The van der Waals surface area contributed by atoms with Crippen molar-refractivity contribution in [2.24, 2.45) is 0 Å². The van der Waals surface area contributed by atoms with E-state index in [-0.39, 0.29) is 13.1 Å². The molecule has 0 saturated carbocycles. The van der Waals surface area contributed by atoms with E-state index in [0.29, 0.717) is 16.8 Å². The first-order valence-electron chi connectivity index (χ1n) is 7.73. The van der Waals surface area contributed by atoms with Crippen LogP contribution in [0.4, 0.5) is 14.9 Å². The summed E-state index contributed by atoms with van der Waals surface area (Å²) < 4.78 is 18.6. The molecule has 0 bridgehead atoms. The van der Waals surface area contributed by atoms with Gasteiger partial charge in [0.1, 0.15) is 11.9 Å². The molecular formula is C18H13FN2O4. The number of fused-ring (bicyclic) bond motifs is 1. The van der Waals surface area contributed by atoms with E-state index in [1.807, 2.05) is 0 Å². The Bertz CT molecular complexity index is 863. The summed E-state index contributed by atoms with van der Waals surface area (Å²) in [6.45, 7) is 0.0968. The topological polar surface area (TPSA) is 66.9 Å². The van der Waals surface area contributed by atoms with Gasteiger partial charge in [0.25, 0.3) is 11.8 Å². The van der Waals surface area contributed by atoms with E-state index >= 15 is 0 Å². The maximum atomic E-state index is 13.4. The molecule has 126 valence electrons. The smallest absolute Gasteiger partial charge is 0.414 e. The summed E-state index contributed by atoms with van der Waals surface area (Å²) >= 11 is 0. The minimum absolute atomic E-state index is 0.0378. The predicted molar refractivity (Wildman–Crippen MR) is 85.8 cm³/mol. The minimum atomic E-state index is -0.669. The first-order chi connectivity index (χ1) is 12.0. The summed E-state index contributed by atoms with van der Waals surface area (Å²) in [6.07, 6.45) is -1.30. The van der Waals surface area contributed by atoms with Crippen molar-refractivity contribution in [1.29, 1.82) is 0 Å². The molecule has 1 unspecified atom stereocenters. The third-order valence-corrected chi connectivity index (χ3v) is 4.26. The number of imide groups is 1. The Morgan fingerprint density at radius 3 is 2.32 bits per heavy atom. The Kier molecular flexibility index (Phi) is 3.49. The summed E-state index contributed by atoms with van der Waals surface area (Å²) in [5, 5.41) is 0. The Morgan fingerprint density at radius 1 is 1.00 bits per heavy atom. The lowest BCUT2D eigenvalue weighted by Gasteiger charge is -2.17. The van der Waals surface area contributed by atoms with Gasteiger partial charge in [0.15, 0.2) is 0 Å². The number of ether oxygens (including phenoxy) is 1. The van der Waals surface area contributed by atoms with Crippen LogP contribution in [-0.4, -0.2) is 42.0 Å². The van der Waals surface area contributed by atoms with Gasteiger partial charge in [-0.1, -0.05) is 18.2 Å². The highest BCUT2D eigenvalue weighted by Gasteiger charge is 2.40. The zero-order chi connectivity index (χ0) is 17.6. The molecule has 0 N–H and O–H groups in total. The highest BCUT2D eigenvalue weighted by Crippen LogP contribution is 2.26.